The molecule has 2 aliphatic rings. The molecule has 0 radical (unpaired) electrons. The van der Waals surface area contributed by atoms with Gasteiger partial charge in [0.2, 0.25) is 5.91 Å². The van der Waals surface area contributed by atoms with Crippen LogP contribution in [0.3, 0.4) is 0 Å². The molecule has 5 nitrogen and oxygen atoms in total. The molecule has 0 aliphatic carbocycles. The van der Waals surface area contributed by atoms with Crippen LogP contribution in [-0.4, -0.2) is 35.8 Å². The van der Waals surface area contributed by atoms with Crippen LogP contribution < -0.4 is 5.32 Å². The van der Waals surface area contributed by atoms with Crippen molar-refractivity contribution in [1.82, 2.24) is 9.80 Å². The zero-order valence-electron chi connectivity index (χ0n) is 15.9. The molecule has 2 aromatic rings. The summed E-state index contributed by atoms with van der Waals surface area (Å²) in [5, 5.41) is 13.1. The average molecular weight is 395 g/mol. The molecule has 0 aromatic heterocycles. The third-order valence-electron chi connectivity index (χ3n) is 5.61. The predicted octanol–water partition coefficient (Wildman–Crippen LogP) is 4.08. The van der Waals surface area contributed by atoms with Crippen molar-refractivity contribution in [2.75, 3.05) is 25.5 Å². The van der Waals surface area contributed by atoms with E-state index in [4.69, 9.17) is 11.6 Å². The standard InChI is InChI=1S/C22H23ClN4O/c1-26-8-2-3-16(11-26)22(28)25-19-9-17-12-27(14-24)13-21(17)20(10-19)15-4-6-18(23)7-5-15/h4-7,9-10,16H,2-3,8,11-13H2,1H3,(H,25,28). The van der Waals surface area contributed by atoms with E-state index in [0.29, 0.717) is 18.1 Å². The van der Waals surface area contributed by atoms with E-state index >= 15 is 0 Å². The Bertz CT molecular complexity index is 935. The SMILES string of the molecule is CN1CCCC(C(=O)Nc2cc3c(c(-c4ccc(Cl)cc4)c2)CN(C#N)C3)C1. The van der Waals surface area contributed by atoms with Gasteiger partial charge in [-0.15, -0.1) is 0 Å². The van der Waals surface area contributed by atoms with E-state index in [2.05, 4.69) is 23.5 Å². The lowest BCUT2D eigenvalue weighted by atomic mass is 9.95. The van der Waals surface area contributed by atoms with Crippen LogP contribution in [0.2, 0.25) is 5.02 Å². The topological polar surface area (TPSA) is 59.4 Å². The minimum atomic E-state index is 0.0154. The Morgan fingerprint density at radius 3 is 2.75 bits per heavy atom. The first-order valence-corrected chi connectivity index (χ1v) is 9.97. The van der Waals surface area contributed by atoms with Gasteiger partial charge in [-0.2, -0.15) is 5.26 Å². The normalized spacial score (nSPS) is 19.2. The first-order valence-electron chi connectivity index (χ1n) is 9.59. The highest BCUT2D eigenvalue weighted by molar-refractivity contribution is 6.30. The summed E-state index contributed by atoms with van der Waals surface area (Å²) in [6, 6.07) is 11.7. The summed E-state index contributed by atoms with van der Waals surface area (Å²) in [5.41, 5.74) is 5.10. The first kappa shape index (κ1) is 18.8. The number of amides is 1. The van der Waals surface area contributed by atoms with Crippen LogP contribution in [0.1, 0.15) is 24.0 Å². The summed E-state index contributed by atoms with van der Waals surface area (Å²) in [6.07, 6.45) is 4.21. The van der Waals surface area contributed by atoms with Crippen LogP contribution in [-0.2, 0) is 17.9 Å². The average Bonchev–Trinajstić information content (AvgIpc) is 3.11. The molecule has 1 N–H and O–H groups in total. The maximum Gasteiger partial charge on any atom is 0.228 e. The fourth-order valence-corrected chi connectivity index (χ4v) is 4.29. The number of carbonyl (C=O) groups is 1. The molecule has 6 heteroatoms. The van der Waals surface area contributed by atoms with Gasteiger partial charge in [0.25, 0.3) is 0 Å². The molecular formula is C22H23ClN4O. The molecule has 0 saturated carbocycles. The van der Waals surface area contributed by atoms with E-state index in [0.717, 1.165) is 53.9 Å². The largest absolute Gasteiger partial charge is 0.326 e. The summed E-state index contributed by atoms with van der Waals surface area (Å²) in [4.78, 5) is 16.7. The monoisotopic (exact) mass is 394 g/mol. The number of nitrogens with one attached hydrogen (secondary N) is 1. The molecule has 1 amide bonds. The lowest BCUT2D eigenvalue weighted by Gasteiger charge is -2.28. The van der Waals surface area contributed by atoms with Crippen molar-refractivity contribution in [1.29, 1.82) is 5.26 Å². The third-order valence-corrected chi connectivity index (χ3v) is 5.86. The van der Waals surface area contributed by atoms with Crippen LogP contribution in [0.15, 0.2) is 36.4 Å². The fourth-order valence-electron chi connectivity index (χ4n) is 4.17. The number of fused-ring (bicyclic) bond motifs is 1. The zero-order chi connectivity index (χ0) is 19.7. The molecule has 1 atom stereocenters. The van der Waals surface area contributed by atoms with Crippen LogP contribution in [0.5, 0.6) is 0 Å². The maximum atomic E-state index is 12.8. The minimum Gasteiger partial charge on any atom is -0.326 e. The van der Waals surface area contributed by atoms with E-state index in [1.807, 2.05) is 36.4 Å². The third kappa shape index (κ3) is 3.84. The molecule has 1 unspecified atom stereocenters. The number of anilines is 1. The number of hydrogen-bond acceptors (Lipinski definition) is 4. The van der Waals surface area contributed by atoms with Gasteiger partial charge in [-0.25, -0.2) is 0 Å². The molecular weight excluding hydrogens is 372 g/mol. The fraction of sp³-hybridized carbons (Fsp3) is 0.364. The second kappa shape index (κ2) is 7.83. The minimum absolute atomic E-state index is 0.0154. The molecule has 2 aromatic carbocycles. The summed E-state index contributed by atoms with van der Waals surface area (Å²) in [5.74, 6) is 0.0882. The molecule has 2 heterocycles. The Morgan fingerprint density at radius 2 is 2.04 bits per heavy atom. The molecule has 0 bridgehead atoms. The number of likely N-dealkylation sites (tertiary alicyclic amines) is 1. The van der Waals surface area contributed by atoms with Crippen LogP contribution in [0.4, 0.5) is 5.69 Å². The second-order valence-corrected chi connectivity index (χ2v) is 8.15. The van der Waals surface area contributed by atoms with E-state index in [1.54, 1.807) is 4.90 Å². The first-order chi connectivity index (χ1) is 13.5. The Hall–Kier alpha value is -2.55. The lowest BCUT2D eigenvalue weighted by Crippen LogP contribution is -2.38. The van der Waals surface area contributed by atoms with E-state index in [1.165, 1.54) is 0 Å². The van der Waals surface area contributed by atoms with Gasteiger partial charge in [0.15, 0.2) is 6.19 Å². The smallest absolute Gasteiger partial charge is 0.228 e. The summed E-state index contributed by atoms with van der Waals surface area (Å²) in [6.45, 7) is 3.00. The van der Waals surface area contributed by atoms with E-state index in [-0.39, 0.29) is 11.8 Å². The van der Waals surface area contributed by atoms with Crippen LogP contribution >= 0.6 is 11.6 Å². The highest BCUT2D eigenvalue weighted by Crippen LogP contribution is 2.36. The number of benzene rings is 2. The molecule has 144 valence electrons. The Balaban J connectivity index is 1.65. The zero-order valence-corrected chi connectivity index (χ0v) is 16.7. The molecule has 4 rings (SSSR count). The number of nitriles is 1. The number of carbonyl (C=O) groups excluding carboxylic acids is 1. The van der Waals surface area contributed by atoms with Crippen molar-refractivity contribution in [2.24, 2.45) is 5.92 Å². The number of nitrogens with zero attached hydrogens (tertiary/aromatic N) is 3. The molecule has 28 heavy (non-hydrogen) atoms. The van der Waals surface area contributed by atoms with Gasteiger partial charge >= 0.3 is 0 Å². The van der Waals surface area contributed by atoms with Gasteiger partial charge in [-0.3, -0.25) is 4.79 Å². The number of rotatable bonds is 3. The van der Waals surface area contributed by atoms with Gasteiger partial charge in [0.05, 0.1) is 19.0 Å². The molecule has 2 aliphatic heterocycles. The van der Waals surface area contributed by atoms with Crippen LogP contribution in [0.25, 0.3) is 11.1 Å². The molecule has 1 fully saturated rings. The Morgan fingerprint density at radius 1 is 1.25 bits per heavy atom. The van der Waals surface area contributed by atoms with Crippen molar-refractivity contribution >= 4 is 23.2 Å². The number of halogens is 1. The van der Waals surface area contributed by atoms with Crippen molar-refractivity contribution in [3.63, 3.8) is 0 Å². The molecule has 0 spiro atoms. The van der Waals surface area contributed by atoms with Gasteiger partial charge in [0.1, 0.15) is 0 Å². The molecule has 1 saturated heterocycles. The quantitative estimate of drug-likeness (QED) is 0.797. The summed E-state index contributed by atoms with van der Waals surface area (Å²) in [7, 11) is 2.06. The van der Waals surface area contributed by atoms with Gasteiger partial charge in [0, 0.05) is 17.3 Å². The Labute approximate surface area is 170 Å². The number of piperidine rings is 1. The number of hydrogen-bond donors (Lipinski definition) is 1. The summed E-state index contributed by atoms with van der Waals surface area (Å²) >= 11 is 6.05. The predicted molar refractivity (Wildman–Crippen MR) is 111 cm³/mol. The van der Waals surface area contributed by atoms with Crippen molar-refractivity contribution in [3.8, 4) is 17.3 Å². The highest BCUT2D eigenvalue weighted by atomic mass is 35.5. The van der Waals surface area contributed by atoms with Gasteiger partial charge in [-0.05, 0) is 73.0 Å². The maximum absolute atomic E-state index is 12.8. The highest BCUT2D eigenvalue weighted by Gasteiger charge is 2.26. The lowest BCUT2D eigenvalue weighted by molar-refractivity contribution is -0.121. The summed E-state index contributed by atoms with van der Waals surface area (Å²) < 4.78 is 0. The van der Waals surface area contributed by atoms with Crippen molar-refractivity contribution in [3.05, 3.63) is 52.5 Å². The van der Waals surface area contributed by atoms with Crippen molar-refractivity contribution in [2.45, 2.75) is 25.9 Å². The van der Waals surface area contributed by atoms with E-state index in [9.17, 15) is 10.1 Å². The van der Waals surface area contributed by atoms with Gasteiger partial charge in [-0.1, -0.05) is 23.7 Å². The van der Waals surface area contributed by atoms with E-state index < -0.39 is 0 Å². The second-order valence-electron chi connectivity index (χ2n) is 7.72. The Kier molecular flexibility index (Phi) is 5.25. The van der Waals surface area contributed by atoms with Crippen molar-refractivity contribution < 1.29 is 4.79 Å². The van der Waals surface area contributed by atoms with Gasteiger partial charge < -0.3 is 15.1 Å². The van der Waals surface area contributed by atoms with Crippen LogP contribution in [0, 0.1) is 17.4 Å².